The van der Waals surface area contributed by atoms with E-state index in [2.05, 4.69) is 19.2 Å². The second kappa shape index (κ2) is 30.9. The number of ether oxygens (including phenoxy) is 2. The van der Waals surface area contributed by atoms with E-state index in [1.807, 2.05) is 6.92 Å². The Morgan fingerprint density at radius 1 is 0.593 bits per heavy atom. The molecule has 1 aliphatic heterocycles. The summed E-state index contributed by atoms with van der Waals surface area (Å²) in [5, 5.41) is 3.05. The predicted molar refractivity (Wildman–Crippen MR) is 225 cm³/mol. The molecule has 1 fully saturated rings. The molecule has 312 valence electrons. The van der Waals surface area contributed by atoms with Crippen LogP contribution in [0.5, 0.6) is 0 Å². The Kier molecular flexibility index (Phi) is 27.3. The maximum atomic E-state index is 12.6. The zero-order valence-electron chi connectivity index (χ0n) is 35.9. The molecule has 4 atom stereocenters. The minimum atomic E-state index is -0.150. The van der Waals surface area contributed by atoms with Gasteiger partial charge >= 0.3 is 0 Å². The summed E-state index contributed by atoms with van der Waals surface area (Å²) in [6, 6.07) is 0. The van der Waals surface area contributed by atoms with Crippen molar-refractivity contribution < 1.29 is 23.9 Å². The molecule has 0 aromatic carbocycles. The number of nitrogens with zero attached hydrogens (tertiary/aromatic N) is 1. The van der Waals surface area contributed by atoms with Gasteiger partial charge in [-0.15, -0.1) is 0 Å². The average Bonchev–Trinajstić information content (AvgIpc) is 3.50. The van der Waals surface area contributed by atoms with Gasteiger partial charge in [0.2, 0.25) is 0 Å². The maximum absolute atomic E-state index is 12.6. The molecule has 0 bridgehead atoms. The highest BCUT2D eigenvalue weighted by Crippen LogP contribution is 2.48. The Morgan fingerprint density at radius 2 is 1.00 bits per heavy atom. The molecule has 0 aromatic heterocycles. The van der Waals surface area contributed by atoms with Crippen molar-refractivity contribution in [3.8, 4) is 0 Å². The van der Waals surface area contributed by atoms with Gasteiger partial charge in [-0.05, 0) is 68.6 Å². The van der Waals surface area contributed by atoms with E-state index in [9.17, 15) is 14.4 Å². The first-order chi connectivity index (χ1) is 26.4. The Balaban J connectivity index is 1.85. The second-order valence-corrected chi connectivity index (χ2v) is 16.6. The van der Waals surface area contributed by atoms with E-state index in [-0.39, 0.29) is 17.7 Å². The molecule has 1 saturated carbocycles. The Labute approximate surface area is 332 Å². The summed E-state index contributed by atoms with van der Waals surface area (Å²) in [5.74, 6) is 3.57. The zero-order valence-corrected chi connectivity index (χ0v) is 35.9. The predicted octanol–water partition coefficient (Wildman–Crippen LogP) is 12.4. The van der Waals surface area contributed by atoms with Crippen molar-refractivity contribution in [2.75, 3.05) is 27.3 Å². The first-order valence-electron chi connectivity index (χ1n) is 23.0. The van der Waals surface area contributed by atoms with E-state index < -0.39 is 0 Å². The van der Waals surface area contributed by atoms with Crippen molar-refractivity contribution in [2.45, 2.75) is 207 Å². The zero-order chi connectivity index (χ0) is 39.2. The number of hydrogen-bond acceptors (Lipinski definition) is 5. The highest BCUT2D eigenvalue weighted by Gasteiger charge is 2.37. The lowest BCUT2D eigenvalue weighted by molar-refractivity contribution is -0.136. The van der Waals surface area contributed by atoms with Gasteiger partial charge in [0.15, 0.2) is 0 Å². The molecule has 7 heteroatoms. The summed E-state index contributed by atoms with van der Waals surface area (Å²) in [6.45, 7) is 7.86. The summed E-state index contributed by atoms with van der Waals surface area (Å²) < 4.78 is 10.4. The highest BCUT2D eigenvalue weighted by atomic mass is 16.7. The summed E-state index contributed by atoms with van der Waals surface area (Å²) in [6.07, 6.45) is 40.5. The molecule has 1 N–H and O–H groups in total. The number of methoxy groups -OCH3 is 2. The van der Waals surface area contributed by atoms with Crippen molar-refractivity contribution in [1.29, 1.82) is 0 Å². The molecular weight excluding hydrogens is 673 g/mol. The van der Waals surface area contributed by atoms with Gasteiger partial charge in [0.25, 0.3) is 23.7 Å². The van der Waals surface area contributed by atoms with Crippen LogP contribution in [0, 0.1) is 23.7 Å². The molecule has 54 heavy (non-hydrogen) atoms. The normalized spacial score (nSPS) is 19.8. The summed E-state index contributed by atoms with van der Waals surface area (Å²) in [4.78, 5) is 37.6. The number of unbranched alkanes of at least 4 members (excludes halogenated alkanes) is 18. The highest BCUT2D eigenvalue weighted by molar-refractivity contribution is 6.12. The molecule has 7 nitrogen and oxygen atoms in total. The Hall–Kier alpha value is -2.31. The lowest BCUT2D eigenvalue weighted by Gasteiger charge is -2.44. The molecule has 2 aliphatic rings. The lowest BCUT2D eigenvalue weighted by atomic mass is 9.61. The van der Waals surface area contributed by atoms with Gasteiger partial charge in [0, 0.05) is 25.2 Å². The topological polar surface area (TPSA) is 84.9 Å². The van der Waals surface area contributed by atoms with Gasteiger partial charge in [-0.1, -0.05) is 162 Å². The van der Waals surface area contributed by atoms with Crippen LogP contribution in [0.15, 0.2) is 23.7 Å². The fraction of sp³-hybridized carbons (Fsp3) is 0.851. The van der Waals surface area contributed by atoms with Crippen molar-refractivity contribution in [3.63, 3.8) is 0 Å². The molecule has 1 aliphatic carbocycles. The minimum Gasteiger partial charge on any atom is -0.468 e. The molecule has 0 radical (unpaired) electrons. The quantitative estimate of drug-likeness (QED) is 0.0306. The summed E-state index contributed by atoms with van der Waals surface area (Å²) >= 11 is 0. The van der Waals surface area contributed by atoms with Crippen LogP contribution in [0.3, 0.4) is 0 Å². The van der Waals surface area contributed by atoms with Crippen LogP contribution in [0.1, 0.15) is 207 Å². The Morgan fingerprint density at radius 3 is 1.46 bits per heavy atom. The van der Waals surface area contributed by atoms with E-state index in [1.54, 1.807) is 0 Å². The lowest BCUT2D eigenvalue weighted by Crippen LogP contribution is -2.35. The molecule has 1 heterocycles. The Bertz CT molecular complexity index is 1050. The largest absolute Gasteiger partial charge is 0.468 e. The van der Waals surface area contributed by atoms with Gasteiger partial charge in [0.1, 0.15) is 0 Å². The molecular formula is C47H84N2O5. The number of amides is 3. The number of rotatable bonds is 34. The molecule has 0 aromatic rings. The van der Waals surface area contributed by atoms with Gasteiger partial charge in [-0.3, -0.25) is 19.3 Å². The molecule has 3 amide bonds. The van der Waals surface area contributed by atoms with Crippen LogP contribution in [0.2, 0.25) is 0 Å². The number of carbonyl (C=O) groups is 3. The fourth-order valence-electron chi connectivity index (χ4n) is 9.45. The van der Waals surface area contributed by atoms with Crippen LogP contribution < -0.4 is 5.32 Å². The van der Waals surface area contributed by atoms with Crippen molar-refractivity contribution >= 4 is 17.7 Å². The number of imide groups is 1. The second-order valence-electron chi connectivity index (χ2n) is 16.6. The first-order valence-corrected chi connectivity index (χ1v) is 23.0. The van der Waals surface area contributed by atoms with Gasteiger partial charge < -0.3 is 14.8 Å². The minimum absolute atomic E-state index is 0.0837. The van der Waals surface area contributed by atoms with Crippen LogP contribution in [0.25, 0.3) is 0 Å². The first kappa shape index (κ1) is 47.8. The van der Waals surface area contributed by atoms with E-state index in [0.717, 1.165) is 49.4 Å². The van der Waals surface area contributed by atoms with E-state index in [4.69, 9.17) is 9.47 Å². The van der Waals surface area contributed by atoms with Crippen molar-refractivity contribution in [3.05, 3.63) is 23.7 Å². The van der Waals surface area contributed by atoms with Crippen LogP contribution >= 0.6 is 0 Å². The SMILES string of the molecule is CCCCCCCCC1C(CCCCCC)CCC(CCCCCCCCNC(=O)C(CC)=C(OC)OC)C1CCCCCCCCN1C(=O)C=CC1=O. The molecule has 2 rings (SSSR count). The van der Waals surface area contributed by atoms with Crippen LogP contribution in [-0.2, 0) is 23.9 Å². The number of carbonyl (C=O) groups excluding carboxylic acids is 3. The smallest absolute Gasteiger partial charge is 0.287 e. The fourth-order valence-corrected chi connectivity index (χ4v) is 9.45. The number of nitrogens with one attached hydrogen (secondary N) is 1. The maximum Gasteiger partial charge on any atom is 0.287 e. The monoisotopic (exact) mass is 757 g/mol. The third-order valence-electron chi connectivity index (χ3n) is 12.6. The van der Waals surface area contributed by atoms with Crippen molar-refractivity contribution in [1.82, 2.24) is 10.2 Å². The van der Waals surface area contributed by atoms with E-state index in [1.165, 1.54) is 185 Å². The van der Waals surface area contributed by atoms with Crippen LogP contribution in [0.4, 0.5) is 0 Å². The third kappa shape index (κ3) is 19.0. The van der Waals surface area contributed by atoms with Crippen molar-refractivity contribution in [2.24, 2.45) is 23.7 Å². The average molecular weight is 757 g/mol. The number of hydrogen-bond donors (Lipinski definition) is 1. The van der Waals surface area contributed by atoms with Crippen LogP contribution in [-0.4, -0.2) is 49.9 Å². The van der Waals surface area contributed by atoms with Gasteiger partial charge in [0.05, 0.1) is 19.8 Å². The molecule has 0 saturated heterocycles. The third-order valence-corrected chi connectivity index (χ3v) is 12.6. The van der Waals surface area contributed by atoms with Gasteiger partial charge in [-0.2, -0.15) is 0 Å². The van der Waals surface area contributed by atoms with E-state index >= 15 is 0 Å². The van der Waals surface area contributed by atoms with E-state index in [0.29, 0.717) is 31.0 Å². The molecule has 4 unspecified atom stereocenters. The van der Waals surface area contributed by atoms with Gasteiger partial charge in [-0.25, -0.2) is 0 Å². The standard InChI is InChI=1S/C47H84N2O5/c1-6-9-11-13-19-25-31-42-39(29-23-12-10-7-2)33-34-40(43(42)32-26-20-15-17-22-28-38-49-44(50)35-36-45(49)51)30-24-18-14-16-21-27-37-48-46(52)41(8-3)47(53-4)54-5/h35-36,39-40,42-43H,6-34,37-38H2,1-5H3,(H,48,52). The summed E-state index contributed by atoms with van der Waals surface area (Å²) in [7, 11) is 3.07. The summed E-state index contributed by atoms with van der Waals surface area (Å²) in [5.41, 5.74) is 0.568. The molecule has 0 spiro atoms.